The molecule has 1 fully saturated rings. The van der Waals surface area contributed by atoms with Crippen molar-refractivity contribution < 1.29 is 9.53 Å². The Balaban J connectivity index is 2.03. The van der Waals surface area contributed by atoms with Gasteiger partial charge in [0.05, 0.1) is 6.10 Å². The van der Waals surface area contributed by atoms with E-state index >= 15 is 0 Å². The Hall–Kier alpha value is -0.570. The van der Waals surface area contributed by atoms with E-state index in [1.54, 1.807) is 0 Å². The van der Waals surface area contributed by atoms with Gasteiger partial charge in [-0.15, -0.1) is 0 Å². The summed E-state index contributed by atoms with van der Waals surface area (Å²) >= 11 is 0. The summed E-state index contributed by atoms with van der Waals surface area (Å²) in [6.45, 7) is 5.28. The van der Waals surface area contributed by atoms with Crippen molar-refractivity contribution >= 4 is 5.91 Å². The van der Waals surface area contributed by atoms with Crippen molar-refractivity contribution in [2.75, 3.05) is 13.2 Å². The lowest BCUT2D eigenvalue weighted by molar-refractivity contribution is -0.122. The van der Waals surface area contributed by atoms with E-state index in [9.17, 15) is 4.79 Å². The maximum absolute atomic E-state index is 11.1. The van der Waals surface area contributed by atoms with Crippen LogP contribution < -0.4 is 5.32 Å². The minimum Gasteiger partial charge on any atom is -0.377 e. The van der Waals surface area contributed by atoms with Crippen LogP contribution in [0.1, 0.15) is 26.7 Å². The molecule has 0 aromatic rings. The summed E-state index contributed by atoms with van der Waals surface area (Å²) in [5.74, 6) is 0.500. The predicted molar refractivity (Wildman–Crippen MR) is 46.8 cm³/mol. The normalized spacial score (nSPS) is 18.8. The average molecular weight is 171 g/mol. The van der Waals surface area contributed by atoms with Gasteiger partial charge in [-0.05, 0) is 26.7 Å². The SMILES string of the molecule is CCOC(C)CNC(=O)C1CC1. The van der Waals surface area contributed by atoms with Crippen LogP contribution in [0.2, 0.25) is 0 Å². The van der Waals surface area contributed by atoms with Gasteiger partial charge < -0.3 is 10.1 Å². The molecule has 12 heavy (non-hydrogen) atoms. The van der Waals surface area contributed by atoms with Gasteiger partial charge in [-0.25, -0.2) is 0 Å². The van der Waals surface area contributed by atoms with Gasteiger partial charge in [0.15, 0.2) is 0 Å². The molecule has 3 nitrogen and oxygen atoms in total. The first-order chi connectivity index (χ1) is 5.74. The maximum Gasteiger partial charge on any atom is 0.223 e. The molecule has 1 aliphatic carbocycles. The first-order valence-electron chi connectivity index (χ1n) is 4.63. The van der Waals surface area contributed by atoms with Crippen molar-refractivity contribution in [3.05, 3.63) is 0 Å². The van der Waals surface area contributed by atoms with Crippen molar-refractivity contribution in [1.29, 1.82) is 0 Å². The number of amides is 1. The van der Waals surface area contributed by atoms with Gasteiger partial charge in [-0.1, -0.05) is 0 Å². The lowest BCUT2D eigenvalue weighted by Crippen LogP contribution is -2.32. The highest BCUT2D eigenvalue weighted by atomic mass is 16.5. The molecular formula is C9H17NO2. The molecule has 1 unspecified atom stereocenters. The highest BCUT2D eigenvalue weighted by Crippen LogP contribution is 2.28. The third-order valence-electron chi connectivity index (χ3n) is 1.96. The van der Waals surface area contributed by atoms with Crippen LogP contribution in [-0.2, 0) is 9.53 Å². The van der Waals surface area contributed by atoms with Crippen molar-refractivity contribution in [3.63, 3.8) is 0 Å². The fourth-order valence-electron chi connectivity index (χ4n) is 1.08. The molecule has 1 rings (SSSR count). The molecule has 0 heterocycles. The van der Waals surface area contributed by atoms with E-state index in [0.717, 1.165) is 12.8 Å². The Labute approximate surface area is 73.5 Å². The van der Waals surface area contributed by atoms with Gasteiger partial charge in [0.1, 0.15) is 0 Å². The third-order valence-corrected chi connectivity index (χ3v) is 1.96. The molecule has 0 saturated heterocycles. The van der Waals surface area contributed by atoms with Crippen LogP contribution >= 0.6 is 0 Å². The summed E-state index contributed by atoms with van der Waals surface area (Å²) in [5.41, 5.74) is 0. The van der Waals surface area contributed by atoms with Crippen LogP contribution in [0.5, 0.6) is 0 Å². The van der Waals surface area contributed by atoms with E-state index in [0.29, 0.717) is 19.1 Å². The van der Waals surface area contributed by atoms with Crippen molar-refractivity contribution in [1.82, 2.24) is 5.32 Å². The van der Waals surface area contributed by atoms with Gasteiger partial charge in [0.2, 0.25) is 5.91 Å². The number of hydrogen-bond acceptors (Lipinski definition) is 2. The van der Waals surface area contributed by atoms with E-state index < -0.39 is 0 Å². The van der Waals surface area contributed by atoms with E-state index in [4.69, 9.17) is 4.74 Å². The van der Waals surface area contributed by atoms with Gasteiger partial charge in [0, 0.05) is 19.1 Å². The molecule has 70 valence electrons. The molecule has 1 atom stereocenters. The van der Waals surface area contributed by atoms with Crippen molar-refractivity contribution in [2.45, 2.75) is 32.8 Å². The molecule has 3 heteroatoms. The maximum atomic E-state index is 11.1. The number of ether oxygens (including phenoxy) is 1. The van der Waals surface area contributed by atoms with Gasteiger partial charge in [-0.2, -0.15) is 0 Å². The second-order valence-electron chi connectivity index (χ2n) is 3.29. The average Bonchev–Trinajstić information content (AvgIpc) is 2.83. The number of hydrogen-bond donors (Lipinski definition) is 1. The van der Waals surface area contributed by atoms with Gasteiger partial charge >= 0.3 is 0 Å². The highest BCUT2D eigenvalue weighted by Gasteiger charge is 2.29. The number of carbonyl (C=O) groups is 1. The molecule has 1 saturated carbocycles. The molecule has 0 aromatic heterocycles. The minimum absolute atomic E-state index is 0.137. The summed E-state index contributed by atoms with van der Waals surface area (Å²) < 4.78 is 5.28. The van der Waals surface area contributed by atoms with Crippen LogP contribution in [0.3, 0.4) is 0 Å². The van der Waals surface area contributed by atoms with Crippen LogP contribution in [0.25, 0.3) is 0 Å². The minimum atomic E-state index is 0.137. The second-order valence-corrected chi connectivity index (χ2v) is 3.29. The quantitative estimate of drug-likeness (QED) is 0.668. The van der Waals surface area contributed by atoms with Crippen LogP contribution in [0.15, 0.2) is 0 Å². The lowest BCUT2D eigenvalue weighted by Gasteiger charge is -2.11. The van der Waals surface area contributed by atoms with E-state index in [1.807, 2.05) is 13.8 Å². The predicted octanol–water partition coefficient (Wildman–Crippen LogP) is 0.938. The van der Waals surface area contributed by atoms with E-state index in [2.05, 4.69) is 5.32 Å². The van der Waals surface area contributed by atoms with Crippen LogP contribution in [-0.4, -0.2) is 25.2 Å². The molecule has 0 spiro atoms. The number of carbonyl (C=O) groups excluding carboxylic acids is 1. The summed E-state index contributed by atoms with van der Waals surface area (Å²) in [5, 5.41) is 2.87. The lowest BCUT2D eigenvalue weighted by atomic mass is 10.3. The third kappa shape index (κ3) is 3.22. The zero-order valence-corrected chi connectivity index (χ0v) is 7.80. The molecule has 1 amide bonds. The second kappa shape index (κ2) is 4.45. The standard InChI is InChI=1S/C9H17NO2/c1-3-12-7(2)6-10-9(11)8-4-5-8/h7-8H,3-6H2,1-2H3,(H,10,11). The highest BCUT2D eigenvalue weighted by molar-refractivity contribution is 5.80. The summed E-state index contributed by atoms with van der Waals surface area (Å²) in [6.07, 6.45) is 2.27. The molecule has 0 radical (unpaired) electrons. The first kappa shape index (κ1) is 9.52. The molecule has 0 bridgehead atoms. The smallest absolute Gasteiger partial charge is 0.223 e. The van der Waals surface area contributed by atoms with Crippen LogP contribution in [0.4, 0.5) is 0 Å². The molecule has 0 aliphatic heterocycles. The Bertz CT molecular complexity index is 155. The van der Waals surface area contributed by atoms with Gasteiger partial charge in [0.25, 0.3) is 0 Å². The largest absolute Gasteiger partial charge is 0.377 e. The van der Waals surface area contributed by atoms with Crippen molar-refractivity contribution in [2.24, 2.45) is 5.92 Å². The molecule has 0 aromatic carbocycles. The zero-order chi connectivity index (χ0) is 8.97. The molecular weight excluding hydrogens is 154 g/mol. The topological polar surface area (TPSA) is 38.3 Å². The Kier molecular flexibility index (Phi) is 3.53. The fourth-order valence-corrected chi connectivity index (χ4v) is 1.08. The van der Waals surface area contributed by atoms with Gasteiger partial charge in [-0.3, -0.25) is 4.79 Å². The van der Waals surface area contributed by atoms with E-state index in [-0.39, 0.29) is 12.0 Å². The van der Waals surface area contributed by atoms with Crippen molar-refractivity contribution in [3.8, 4) is 0 Å². The summed E-state index contributed by atoms with van der Waals surface area (Å²) in [7, 11) is 0. The Morgan fingerprint density at radius 1 is 1.67 bits per heavy atom. The molecule has 1 N–H and O–H groups in total. The fraction of sp³-hybridized carbons (Fsp3) is 0.889. The zero-order valence-electron chi connectivity index (χ0n) is 7.80. The Morgan fingerprint density at radius 3 is 2.83 bits per heavy atom. The van der Waals surface area contributed by atoms with Crippen LogP contribution in [0, 0.1) is 5.92 Å². The monoisotopic (exact) mass is 171 g/mol. The molecule has 1 aliphatic rings. The number of nitrogens with one attached hydrogen (secondary N) is 1. The Morgan fingerprint density at radius 2 is 2.33 bits per heavy atom. The first-order valence-corrected chi connectivity index (χ1v) is 4.63. The summed E-state index contributed by atoms with van der Waals surface area (Å²) in [6, 6.07) is 0. The van der Waals surface area contributed by atoms with E-state index in [1.165, 1.54) is 0 Å². The summed E-state index contributed by atoms with van der Waals surface area (Å²) in [4.78, 5) is 11.1. The number of rotatable bonds is 5.